The van der Waals surface area contributed by atoms with Crippen LogP contribution in [-0.4, -0.2) is 54.5 Å². The van der Waals surface area contributed by atoms with E-state index in [4.69, 9.17) is 18.7 Å². The van der Waals surface area contributed by atoms with E-state index in [1.165, 1.54) is 13.2 Å². The Morgan fingerprint density at radius 1 is 1.36 bits per heavy atom. The summed E-state index contributed by atoms with van der Waals surface area (Å²) in [4.78, 5) is 14.4. The van der Waals surface area contributed by atoms with Gasteiger partial charge in [0, 0.05) is 6.54 Å². The molecule has 1 amide bonds. The van der Waals surface area contributed by atoms with Crippen molar-refractivity contribution < 1.29 is 23.5 Å². The first-order valence-corrected chi connectivity index (χ1v) is 8.12. The molecule has 1 aromatic heterocycles. The molecule has 2 heterocycles. The third kappa shape index (κ3) is 4.30. The van der Waals surface area contributed by atoms with E-state index in [9.17, 15) is 4.79 Å². The Morgan fingerprint density at radius 2 is 2.12 bits per heavy atom. The lowest BCUT2D eigenvalue weighted by atomic mass is 10.0. The number of nitrogens with zero attached hydrogens (tertiary/aromatic N) is 2. The molecule has 0 radical (unpaired) electrons. The molecular formula is C18H22N2O5. The summed E-state index contributed by atoms with van der Waals surface area (Å²) in [5, 5.41) is 3.68. The summed E-state index contributed by atoms with van der Waals surface area (Å²) in [6.45, 7) is 5.12. The van der Waals surface area contributed by atoms with Crippen LogP contribution in [-0.2, 0) is 4.74 Å². The molecule has 1 aliphatic heterocycles. The minimum absolute atomic E-state index is 0.150. The Morgan fingerprint density at radius 3 is 2.80 bits per heavy atom. The summed E-state index contributed by atoms with van der Waals surface area (Å²) >= 11 is 0. The van der Waals surface area contributed by atoms with Gasteiger partial charge in [0.15, 0.2) is 0 Å². The van der Waals surface area contributed by atoms with Crippen molar-refractivity contribution in [3.63, 3.8) is 0 Å². The largest absolute Gasteiger partial charge is 0.491 e. The van der Waals surface area contributed by atoms with Crippen molar-refractivity contribution in [1.29, 1.82) is 0 Å². The van der Waals surface area contributed by atoms with Crippen molar-refractivity contribution in [3.8, 4) is 11.6 Å². The first-order valence-electron chi connectivity index (χ1n) is 8.12. The van der Waals surface area contributed by atoms with Crippen LogP contribution in [0.2, 0.25) is 0 Å². The fraction of sp³-hybridized carbons (Fsp3) is 0.444. The second-order valence-corrected chi connectivity index (χ2v) is 6.54. The van der Waals surface area contributed by atoms with Crippen LogP contribution in [0.3, 0.4) is 0 Å². The Hall–Kier alpha value is -2.54. The van der Waals surface area contributed by atoms with Crippen molar-refractivity contribution in [3.05, 3.63) is 42.2 Å². The third-order valence-electron chi connectivity index (χ3n) is 3.86. The number of rotatable bonds is 5. The van der Waals surface area contributed by atoms with E-state index in [-0.39, 0.29) is 23.7 Å². The van der Waals surface area contributed by atoms with Crippen LogP contribution in [0.5, 0.6) is 11.6 Å². The van der Waals surface area contributed by atoms with E-state index in [0.29, 0.717) is 19.7 Å². The van der Waals surface area contributed by atoms with Crippen molar-refractivity contribution in [2.24, 2.45) is 0 Å². The average Bonchev–Trinajstić information content (AvgIpc) is 3.08. The van der Waals surface area contributed by atoms with Crippen LogP contribution < -0.4 is 9.47 Å². The first kappa shape index (κ1) is 17.3. The molecule has 2 aromatic rings. The number of hydrogen-bond donors (Lipinski definition) is 0. The quantitative estimate of drug-likeness (QED) is 0.827. The molecule has 1 aliphatic rings. The molecule has 25 heavy (non-hydrogen) atoms. The van der Waals surface area contributed by atoms with Gasteiger partial charge in [-0.25, -0.2) is 0 Å². The fourth-order valence-electron chi connectivity index (χ4n) is 2.85. The number of ether oxygens (including phenoxy) is 3. The Labute approximate surface area is 146 Å². The van der Waals surface area contributed by atoms with Crippen LogP contribution in [0.15, 0.2) is 40.9 Å². The number of amides is 1. The Balaban J connectivity index is 1.66. The van der Waals surface area contributed by atoms with E-state index >= 15 is 0 Å². The summed E-state index contributed by atoms with van der Waals surface area (Å²) < 4.78 is 21.9. The molecule has 3 rings (SSSR count). The van der Waals surface area contributed by atoms with Gasteiger partial charge in [-0.3, -0.25) is 4.79 Å². The van der Waals surface area contributed by atoms with E-state index in [1.807, 2.05) is 44.2 Å². The van der Waals surface area contributed by atoms with Crippen molar-refractivity contribution in [2.45, 2.75) is 25.6 Å². The number of benzene rings is 1. The SMILES string of the molecule is COc1cc(C(=O)N2C[C@@H](COc3ccccc3)OC(C)(C)C2)on1. The van der Waals surface area contributed by atoms with Crippen LogP contribution in [0.1, 0.15) is 24.4 Å². The number of methoxy groups -OCH3 is 1. The molecule has 0 bridgehead atoms. The highest BCUT2D eigenvalue weighted by atomic mass is 16.6. The van der Waals surface area contributed by atoms with E-state index in [0.717, 1.165) is 5.75 Å². The minimum atomic E-state index is -0.483. The maximum absolute atomic E-state index is 12.7. The molecule has 134 valence electrons. The molecule has 0 N–H and O–H groups in total. The van der Waals surface area contributed by atoms with Gasteiger partial charge in [-0.05, 0) is 31.1 Å². The van der Waals surface area contributed by atoms with Gasteiger partial charge in [-0.2, -0.15) is 0 Å². The van der Waals surface area contributed by atoms with E-state index in [1.54, 1.807) is 4.90 Å². The number of carbonyl (C=O) groups is 1. The van der Waals surface area contributed by atoms with E-state index in [2.05, 4.69) is 5.16 Å². The minimum Gasteiger partial charge on any atom is -0.491 e. The second-order valence-electron chi connectivity index (χ2n) is 6.54. The highest BCUT2D eigenvalue weighted by molar-refractivity contribution is 5.91. The summed E-state index contributed by atoms with van der Waals surface area (Å²) in [6, 6.07) is 11.0. The molecule has 7 heteroatoms. The third-order valence-corrected chi connectivity index (χ3v) is 3.86. The van der Waals surface area contributed by atoms with Gasteiger partial charge in [0.1, 0.15) is 18.5 Å². The van der Waals surface area contributed by atoms with E-state index < -0.39 is 5.60 Å². The number of hydrogen-bond acceptors (Lipinski definition) is 6. The lowest BCUT2D eigenvalue weighted by Crippen LogP contribution is -2.56. The number of carbonyl (C=O) groups excluding carboxylic acids is 1. The Bertz CT molecular complexity index is 713. The van der Waals surface area contributed by atoms with Crippen LogP contribution in [0.25, 0.3) is 0 Å². The maximum Gasteiger partial charge on any atom is 0.292 e. The smallest absolute Gasteiger partial charge is 0.292 e. The van der Waals surface area contributed by atoms with Gasteiger partial charge in [0.2, 0.25) is 5.76 Å². The predicted molar refractivity (Wildman–Crippen MR) is 89.8 cm³/mol. The van der Waals surface area contributed by atoms with Crippen LogP contribution >= 0.6 is 0 Å². The molecule has 1 saturated heterocycles. The van der Waals surface area contributed by atoms with Crippen molar-refractivity contribution in [2.75, 3.05) is 26.8 Å². The lowest BCUT2D eigenvalue weighted by Gasteiger charge is -2.42. The second kappa shape index (κ2) is 7.14. The fourth-order valence-corrected chi connectivity index (χ4v) is 2.85. The first-order chi connectivity index (χ1) is 12.0. The zero-order chi connectivity index (χ0) is 17.9. The highest BCUT2D eigenvalue weighted by Gasteiger charge is 2.37. The molecule has 7 nitrogen and oxygen atoms in total. The topological polar surface area (TPSA) is 74.0 Å². The van der Waals surface area contributed by atoms with Gasteiger partial charge >= 0.3 is 0 Å². The molecule has 0 spiro atoms. The summed E-state index contributed by atoms with van der Waals surface area (Å²) in [5.74, 6) is 0.960. The average molecular weight is 346 g/mol. The molecule has 0 saturated carbocycles. The van der Waals surface area contributed by atoms with Gasteiger partial charge in [-0.1, -0.05) is 18.2 Å². The van der Waals surface area contributed by atoms with Crippen molar-refractivity contribution in [1.82, 2.24) is 10.1 Å². The highest BCUT2D eigenvalue weighted by Crippen LogP contribution is 2.24. The zero-order valence-corrected chi connectivity index (χ0v) is 14.6. The predicted octanol–water partition coefficient (Wildman–Crippen LogP) is 2.38. The van der Waals surface area contributed by atoms with Gasteiger partial charge in [0.25, 0.3) is 11.8 Å². The molecule has 0 unspecified atom stereocenters. The summed E-state index contributed by atoms with van der Waals surface area (Å²) in [7, 11) is 1.47. The molecule has 1 fully saturated rings. The standard InChI is InChI=1S/C18H22N2O5/c1-18(2)12-20(17(21)15-9-16(22-3)19-25-15)10-14(24-18)11-23-13-7-5-4-6-8-13/h4-9,14H,10-12H2,1-3H3/t14-/m0/s1. The molecule has 1 atom stereocenters. The van der Waals surface area contributed by atoms with Crippen LogP contribution in [0, 0.1) is 0 Å². The summed E-state index contributed by atoms with van der Waals surface area (Å²) in [5.41, 5.74) is -0.483. The Kier molecular flexibility index (Phi) is 4.94. The maximum atomic E-state index is 12.7. The monoisotopic (exact) mass is 346 g/mol. The number of aromatic nitrogens is 1. The van der Waals surface area contributed by atoms with Crippen molar-refractivity contribution >= 4 is 5.91 Å². The van der Waals surface area contributed by atoms with Gasteiger partial charge in [-0.15, -0.1) is 0 Å². The van der Waals surface area contributed by atoms with Crippen LogP contribution in [0.4, 0.5) is 0 Å². The normalized spacial score (nSPS) is 19.5. The van der Waals surface area contributed by atoms with Gasteiger partial charge in [0.05, 0.1) is 25.3 Å². The molecular weight excluding hydrogens is 324 g/mol. The number of para-hydroxylation sites is 1. The molecule has 0 aliphatic carbocycles. The zero-order valence-electron chi connectivity index (χ0n) is 14.6. The van der Waals surface area contributed by atoms with Gasteiger partial charge < -0.3 is 23.6 Å². The number of morpholine rings is 1. The molecule has 1 aromatic carbocycles. The summed E-state index contributed by atoms with van der Waals surface area (Å²) in [6.07, 6.45) is -0.238. The lowest BCUT2D eigenvalue weighted by molar-refractivity contribution is -0.137.